The van der Waals surface area contributed by atoms with Crippen molar-refractivity contribution in [2.45, 2.75) is 19.4 Å². The van der Waals surface area contributed by atoms with Crippen LogP contribution in [0.5, 0.6) is 5.75 Å². The third kappa shape index (κ3) is 5.35. The maximum atomic E-state index is 12.9. The fraction of sp³-hybridized carbons (Fsp3) is 0.300. The first kappa shape index (κ1) is 20.4. The van der Waals surface area contributed by atoms with Gasteiger partial charge in [0.25, 0.3) is 5.91 Å². The zero-order valence-corrected chi connectivity index (χ0v) is 16.0. The summed E-state index contributed by atoms with van der Waals surface area (Å²) in [7, 11) is 0. The van der Waals surface area contributed by atoms with Gasteiger partial charge >= 0.3 is 0 Å². The van der Waals surface area contributed by atoms with Crippen LogP contribution in [0.15, 0.2) is 48.8 Å². The Balaban J connectivity index is 1.53. The lowest BCUT2D eigenvalue weighted by atomic mass is 10.0. The van der Waals surface area contributed by atoms with Crippen molar-refractivity contribution >= 4 is 5.91 Å². The minimum atomic E-state index is -0.365. The van der Waals surface area contributed by atoms with Gasteiger partial charge in [-0.25, -0.2) is 9.07 Å². The smallest absolute Gasteiger partial charge is 0.273 e. The number of ether oxygens (including phenoxy) is 1. The molecule has 1 aromatic carbocycles. The zero-order valence-electron chi connectivity index (χ0n) is 16.0. The molecule has 0 fully saturated rings. The van der Waals surface area contributed by atoms with E-state index in [1.165, 1.54) is 12.1 Å². The number of aromatic nitrogens is 4. The highest BCUT2D eigenvalue weighted by atomic mass is 19.1. The van der Waals surface area contributed by atoms with Crippen molar-refractivity contribution in [3.63, 3.8) is 0 Å². The Morgan fingerprint density at radius 2 is 2.10 bits per heavy atom. The van der Waals surface area contributed by atoms with E-state index in [4.69, 9.17) is 4.74 Å². The molecule has 0 saturated carbocycles. The molecule has 8 nitrogen and oxygen atoms in total. The van der Waals surface area contributed by atoms with Crippen LogP contribution >= 0.6 is 0 Å². The molecule has 0 spiro atoms. The molecule has 152 valence electrons. The van der Waals surface area contributed by atoms with Crippen molar-refractivity contribution in [2.75, 3.05) is 19.8 Å². The summed E-state index contributed by atoms with van der Waals surface area (Å²) in [6.45, 7) is 2.57. The quantitative estimate of drug-likeness (QED) is 0.568. The van der Waals surface area contributed by atoms with Gasteiger partial charge in [-0.2, -0.15) is 0 Å². The van der Waals surface area contributed by atoms with Crippen molar-refractivity contribution in [1.29, 1.82) is 0 Å². The number of pyridine rings is 1. The van der Waals surface area contributed by atoms with Crippen molar-refractivity contribution in [2.24, 2.45) is 0 Å². The van der Waals surface area contributed by atoms with Crippen LogP contribution in [0.4, 0.5) is 4.39 Å². The van der Waals surface area contributed by atoms with Gasteiger partial charge in [0, 0.05) is 24.9 Å². The van der Waals surface area contributed by atoms with E-state index in [1.54, 1.807) is 42.2 Å². The molecule has 3 rings (SSSR count). The van der Waals surface area contributed by atoms with Crippen molar-refractivity contribution < 1.29 is 19.0 Å². The highest BCUT2D eigenvalue weighted by Gasteiger charge is 2.18. The Morgan fingerprint density at radius 1 is 1.31 bits per heavy atom. The highest BCUT2D eigenvalue weighted by molar-refractivity contribution is 5.93. The van der Waals surface area contributed by atoms with Gasteiger partial charge in [0.1, 0.15) is 18.2 Å². The third-order valence-electron chi connectivity index (χ3n) is 4.47. The second kappa shape index (κ2) is 9.74. The summed E-state index contributed by atoms with van der Waals surface area (Å²) in [6, 6.07) is 9.37. The molecule has 1 unspecified atom stereocenters. The van der Waals surface area contributed by atoms with Crippen LogP contribution in [0.25, 0.3) is 0 Å². The largest absolute Gasteiger partial charge is 0.492 e. The molecule has 2 N–H and O–H groups in total. The number of aliphatic hydroxyl groups excluding tert-OH is 1. The minimum Gasteiger partial charge on any atom is -0.492 e. The summed E-state index contributed by atoms with van der Waals surface area (Å²) < 4.78 is 20.0. The van der Waals surface area contributed by atoms with E-state index in [2.05, 4.69) is 20.6 Å². The third-order valence-corrected chi connectivity index (χ3v) is 4.47. The number of aliphatic hydroxyl groups is 1. The summed E-state index contributed by atoms with van der Waals surface area (Å²) in [5.74, 6) is -0.401. The SMILES string of the molecule is Cc1c(C(=O)NCC(CO)c2cccnc2)nnn1CCOc1ccc(F)cc1. The van der Waals surface area contributed by atoms with Crippen LogP contribution in [0.2, 0.25) is 0 Å². The van der Waals surface area contributed by atoms with Crippen molar-refractivity contribution in [1.82, 2.24) is 25.3 Å². The summed E-state index contributed by atoms with van der Waals surface area (Å²) >= 11 is 0. The topological polar surface area (TPSA) is 102 Å². The summed E-state index contributed by atoms with van der Waals surface area (Å²) in [6.07, 6.45) is 3.31. The number of hydrogen-bond acceptors (Lipinski definition) is 6. The van der Waals surface area contributed by atoms with E-state index < -0.39 is 0 Å². The van der Waals surface area contributed by atoms with Crippen LogP contribution in [-0.2, 0) is 6.54 Å². The highest BCUT2D eigenvalue weighted by Crippen LogP contribution is 2.14. The molecule has 0 aliphatic carbocycles. The molecule has 0 aliphatic rings. The molecular formula is C20H22FN5O3. The van der Waals surface area contributed by atoms with E-state index in [0.717, 1.165) is 5.56 Å². The normalized spacial score (nSPS) is 11.8. The number of carbonyl (C=O) groups is 1. The molecule has 2 aromatic heterocycles. The van der Waals surface area contributed by atoms with Gasteiger partial charge in [-0.15, -0.1) is 5.10 Å². The molecule has 1 amide bonds. The van der Waals surface area contributed by atoms with Gasteiger partial charge in [0.15, 0.2) is 5.69 Å². The van der Waals surface area contributed by atoms with Crippen LogP contribution in [-0.4, -0.2) is 50.8 Å². The number of nitrogens with one attached hydrogen (secondary N) is 1. The minimum absolute atomic E-state index is 0.113. The van der Waals surface area contributed by atoms with Crippen molar-refractivity contribution in [3.05, 3.63) is 71.6 Å². The number of amides is 1. The van der Waals surface area contributed by atoms with Gasteiger partial charge in [-0.3, -0.25) is 9.78 Å². The lowest BCUT2D eigenvalue weighted by Gasteiger charge is -2.14. The van der Waals surface area contributed by atoms with E-state index in [1.807, 2.05) is 6.07 Å². The Hall–Kier alpha value is -3.33. The summed E-state index contributed by atoms with van der Waals surface area (Å²) in [4.78, 5) is 16.5. The second-order valence-corrected chi connectivity index (χ2v) is 6.42. The molecule has 2 heterocycles. The number of benzene rings is 1. The molecule has 0 aliphatic heterocycles. The lowest BCUT2D eigenvalue weighted by Crippen LogP contribution is -2.30. The van der Waals surface area contributed by atoms with Gasteiger partial charge in [-0.1, -0.05) is 11.3 Å². The standard InChI is InChI=1S/C20H22FN5O3/c1-14-19(20(28)23-12-16(13-27)15-3-2-8-22-11-15)24-25-26(14)9-10-29-18-6-4-17(21)5-7-18/h2-8,11,16,27H,9-10,12-13H2,1H3,(H,23,28). The molecule has 3 aromatic rings. The molecule has 1 atom stereocenters. The number of nitrogens with zero attached hydrogens (tertiary/aromatic N) is 4. The average Bonchev–Trinajstić information content (AvgIpc) is 3.11. The van der Waals surface area contributed by atoms with Gasteiger partial charge in [0.2, 0.25) is 0 Å². The average molecular weight is 399 g/mol. The van der Waals surface area contributed by atoms with Crippen LogP contribution < -0.4 is 10.1 Å². The van der Waals surface area contributed by atoms with Crippen LogP contribution in [0.3, 0.4) is 0 Å². The van der Waals surface area contributed by atoms with E-state index in [-0.39, 0.29) is 36.5 Å². The molecular weight excluding hydrogens is 377 g/mol. The van der Waals surface area contributed by atoms with Crippen molar-refractivity contribution in [3.8, 4) is 5.75 Å². The van der Waals surface area contributed by atoms with E-state index in [9.17, 15) is 14.3 Å². The molecule has 29 heavy (non-hydrogen) atoms. The monoisotopic (exact) mass is 399 g/mol. The summed E-state index contributed by atoms with van der Waals surface area (Å²) in [5.41, 5.74) is 1.66. The number of rotatable bonds is 9. The predicted molar refractivity (Wildman–Crippen MR) is 103 cm³/mol. The van der Waals surface area contributed by atoms with Crippen LogP contribution in [0.1, 0.15) is 27.7 Å². The molecule has 0 saturated heterocycles. The maximum absolute atomic E-state index is 12.9. The first-order chi connectivity index (χ1) is 14.1. The molecule has 0 radical (unpaired) electrons. The molecule has 9 heteroatoms. The number of halogens is 1. The second-order valence-electron chi connectivity index (χ2n) is 6.42. The fourth-order valence-corrected chi connectivity index (χ4v) is 2.77. The van der Waals surface area contributed by atoms with Gasteiger partial charge in [0.05, 0.1) is 18.8 Å². The Kier molecular flexibility index (Phi) is 6.85. The first-order valence-corrected chi connectivity index (χ1v) is 9.16. The Labute approximate surface area is 167 Å². The fourth-order valence-electron chi connectivity index (χ4n) is 2.77. The molecule has 0 bridgehead atoms. The Morgan fingerprint density at radius 3 is 2.79 bits per heavy atom. The first-order valence-electron chi connectivity index (χ1n) is 9.16. The van der Waals surface area contributed by atoms with E-state index >= 15 is 0 Å². The number of carbonyl (C=O) groups excluding carboxylic acids is 1. The van der Waals surface area contributed by atoms with E-state index in [0.29, 0.717) is 24.6 Å². The number of hydrogen-bond donors (Lipinski definition) is 2. The lowest BCUT2D eigenvalue weighted by molar-refractivity contribution is 0.0942. The zero-order chi connectivity index (χ0) is 20.6. The Bertz CT molecular complexity index is 931. The summed E-state index contributed by atoms with van der Waals surface area (Å²) in [5, 5.41) is 20.3. The van der Waals surface area contributed by atoms with Crippen LogP contribution in [0, 0.1) is 12.7 Å². The maximum Gasteiger partial charge on any atom is 0.273 e. The predicted octanol–water partition coefficient (Wildman–Crippen LogP) is 1.71. The van der Waals surface area contributed by atoms with Gasteiger partial charge in [-0.05, 0) is 42.8 Å². The van der Waals surface area contributed by atoms with Gasteiger partial charge < -0.3 is 15.2 Å².